The van der Waals surface area contributed by atoms with Gasteiger partial charge in [0.15, 0.2) is 0 Å². The van der Waals surface area contributed by atoms with Crippen molar-refractivity contribution in [2.24, 2.45) is 5.92 Å². The lowest BCUT2D eigenvalue weighted by molar-refractivity contribution is -0.143. The second kappa shape index (κ2) is 31.7. The van der Waals surface area contributed by atoms with Gasteiger partial charge in [0.1, 0.15) is 36.8 Å². The summed E-state index contributed by atoms with van der Waals surface area (Å²) in [6, 6.07) is 24.7. The van der Waals surface area contributed by atoms with Gasteiger partial charge in [-0.3, -0.25) is 24.0 Å². The monoisotopic (exact) mass is 1240 g/mol. The van der Waals surface area contributed by atoms with E-state index in [4.69, 9.17) is 33.2 Å². The van der Waals surface area contributed by atoms with E-state index < -0.39 is 24.1 Å². The summed E-state index contributed by atoms with van der Waals surface area (Å²) in [6.45, 7) is 17.7. The zero-order valence-electron chi connectivity index (χ0n) is 51.7. The summed E-state index contributed by atoms with van der Waals surface area (Å²) in [5.74, 6) is -0.552. The van der Waals surface area contributed by atoms with Gasteiger partial charge in [0.05, 0.1) is 69.3 Å². The molecule has 3 aliphatic rings. The molecule has 0 aliphatic carbocycles. The van der Waals surface area contributed by atoms with E-state index in [-0.39, 0.29) is 80.2 Å². The van der Waals surface area contributed by atoms with Crippen LogP contribution in [0.15, 0.2) is 95.2 Å². The number of aliphatic hydroxyl groups excluding tert-OH is 1. The van der Waals surface area contributed by atoms with E-state index in [1.165, 1.54) is 16.2 Å². The van der Waals surface area contributed by atoms with Crippen molar-refractivity contribution >= 4 is 40.7 Å². The fourth-order valence-corrected chi connectivity index (χ4v) is 12.5. The number of aromatic amines is 1. The molecule has 4 amide bonds. The number of carbonyl (C=O) groups excluding carboxylic acids is 4. The predicted octanol–water partition coefficient (Wildman–Crippen LogP) is 7.51. The van der Waals surface area contributed by atoms with E-state index in [2.05, 4.69) is 38.5 Å². The van der Waals surface area contributed by atoms with Gasteiger partial charge in [0, 0.05) is 97.6 Å². The largest absolute Gasteiger partial charge is 0.508 e. The van der Waals surface area contributed by atoms with Crippen molar-refractivity contribution in [2.45, 2.75) is 105 Å². The second-order valence-electron chi connectivity index (χ2n) is 22.8. The van der Waals surface area contributed by atoms with Gasteiger partial charge in [-0.05, 0) is 117 Å². The number of carbonyl (C=O) groups is 4. The van der Waals surface area contributed by atoms with Gasteiger partial charge >= 0.3 is 0 Å². The van der Waals surface area contributed by atoms with Crippen molar-refractivity contribution < 1.29 is 62.5 Å². The summed E-state index contributed by atoms with van der Waals surface area (Å²) < 4.78 is 40.4. The number of rotatable bonds is 31. The highest BCUT2D eigenvalue weighted by Crippen LogP contribution is 2.38. The van der Waals surface area contributed by atoms with Crippen LogP contribution in [0.4, 0.5) is 5.69 Å². The topological polar surface area (TPSA) is 253 Å². The van der Waals surface area contributed by atoms with Crippen LogP contribution >= 0.6 is 11.3 Å². The van der Waals surface area contributed by atoms with Gasteiger partial charge in [0.25, 0.3) is 17.4 Å². The zero-order valence-corrected chi connectivity index (χ0v) is 52.5. The van der Waals surface area contributed by atoms with Crippen LogP contribution in [-0.4, -0.2) is 170 Å². The number of anilines is 1. The van der Waals surface area contributed by atoms with Gasteiger partial charge in [0.2, 0.25) is 17.7 Å². The minimum atomic E-state index is -0.952. The normalized spacial score (nSPS) is 16.2. The predicted molar refractivity (Wildman–Crippen MR) is 338 cm³/mol. The fraction of sp³-hybridized carbons (Fsp3) is 0.463. The highest BCUT2D eigenvalue weighted by atomic mass is 32.1. The lowest BCUT2D eigenvalue weighted by atomic mass is 9.95. The molecule has 0 bridgehead atoms. The van der Waals surface area contributed by atoms with Crippen molar-refractivity contribution in [2.75, 3.05) is 97.3 Å². The van der Waals surface area contributed by atoms with E-state index in [9.17, 15) is 34.2 Å². The fourth-order valence-electron chi connectivity index (χ4n) is 11.7. The number of β-amino-alcohol motifs (C(OH)–C–C–N with tert-alkyl or cyclic N) is 1. The van der Waals surface area contributed by atoms with Crippen molar-refractivity contribution in [1.82, 2.24) is 30.4 Å². The molecule has 476 valence electrons. The summed E-state index contributed by atoms with van der Waals surface area (Å²) in [5, 5.41) is 27.6. The van der Waals surface area contributed by atoms with E-state index >= 15 is 0 Å². The van der Waals surface area contributed by atoms with Crippen LogP contribution in [0.5, 0.6) is 17.4 Å². The van der Waals surface area contributed by atoms with E-state index in [1.54, 1.807) is 40.7 Å². The number of hydrogen-bond acceptors (Lipinski definition) is 17. The zero-order chi connectivity index (χ0) is 63.0. The summed E-state index contributed by atoms with van der Waals surface area (Å²) in [7, 11) is 0. The number of phenols is 1. The molecule has 3 aliphatic heterocycles. The Morgan fingerprint density at radius 3 is 2.11 bits per heavy atom. The van der Waals surface area contributed by atoms with Gasteiger partial charge in [-0.2, -0.15) is 0 Å². The standard InChI is InChI=1S/C67H83N7O14S/c1-7-72(51-18-20-82-21-19-51)57-34-50(33-55(45(57)6)62(77)69-38-56-43(4)32-44(5)71-63(56)78)46-14-16-53(17-15-46)87-30-28-85-26-24-83-22-23-84-25-27-86-29-31-88-65-61(89-41-70-65)47-12-13-48(59(76)35-47)37-68-64(79)58-36-52(75)40-73(58)67(81)60(42(2)3)74-39-49-10-8-9-11-54(49)66(74)80/h8-17,32-35,41-42,51-52,58,60,75-76H,7,18-31,36-40H2,1-6H3,(H,68,79)(H,69,77)(H,71,78)/t52-,58?,60+/m1/s1. The molecule has 2 fully saturated rings. The number of aromatic hydroxyl groups is 1. The third-order valence-corrected chi connectivity index (χ3v) is 17.2. The van der Waals surface area contributed by atoms with Crippen molar-refractivity contribution in [3.63, 3.8) is 0 Å². The van der Waals surface area contributed by atoms with Crippen LogP contribution in [0.25, 0.3) is 21.6 Å². The SMILES string of the molecule is CCN(c1cc(-c2ccc(OCCOCCOCCOCCOCCOc3ncsc3-c3ccc(CNC(=O)C4C[C@@H](O)CN4C(=O)[C@H](C(C)C)N4Cc5ccccc5C4=O)c(O)c3)cc2)cc(C(=O)NCc2c(C)cc(C)[nH]c2=O)c1C)C1CCOCC1. The number of pyridine rings is 1. The number of aryl methyl sites for hydroxylation is 2. The number of amides is 4. The Kier molecular flexibility index (Phi) is 23.4. The third-order valence-electron chi connectivity index (χ3n) is 16.4. The minimum Gasteiger partial charge on any atom is -0.508 e. The number of aliphatic hydroxyl groups is 1. The Labute approximate surface area is 523 Å². The number of aromatic nitrogens is 2. The van der Waals surface area contributed by atoms with E-state index in [0.29, 0.717) is 117 Å². The number of hydrogen-bond donors (Lipinski definition) is 5. The quantitative estimate of drug-likeness (QED) is 0.0264. The van der Waals surface area contributed by atoms with Gasteiger partial charge in [-0.15, -0.1) is 11.3 Å². The highest BCUT2D eigenvalue weighted by Gasteiger charge is 2.46. The number of ether oxygens (including phenoxy) is 7. The molecule has 4 aromatic carbocycles. The second-order valence-corrected chi connectivity index (χ2v) is 23.7. The Hall–Kier alpha value is -7.70. The van der Waals surface area contributed by atoms with Gasteiger partial charge in [-0.25, -0.2) is 4.98 Å². The molecule has 1 unspecified atom stereocenters. The maximum Gasteiger partial charge on any atom is 0.255 e. The number of fused-ring (bicyclic) bond motifs is 1. The van der Waals surface area contributed by atoms with Crippen molar-refractivity contribution in [3.05, 3.63) is 145 Å². The molecule has 5 heterocycles. The molecule has 3 atom stereocenters. The molecular formula is C67H83N7O14S. The Morgan fingerprint density at radius 2 is 1.46 bits per heavy atom. The Morgan fingerprint density at radius 1 is 0.798 bits per heavy atom. The maximum atomic E-state index is 14.1. The molecule has 21 nitrogen and oxygen atoms in total. The van der Waals surface area contributed by atoms with E-state index in [1.807, 2.05) is 83.1 Å². The lowest BCUT2D eigenvalue weighted by Gasteiger charge is -2.37. The van der Waals surface area contributed by atoms with Gasteiger partial charge < -0.3 is 73.7 Å². The van der Waals surface area contributed by atoms with Gasteiger partial charge in [-0.1, -0.05) is 56.3 Å². The first-order valence-electron chi connectivity index (χ1n) is 30.6. The summed E-state index contributed by atoms with van der Waals surface area (Å²) in [6.07, 6.45) is 0.949. The molecule has 2 aromatic heterocycles. The summed E-state index contributed by atoms with van der Waals surface area (Å²) in [5.41, 5.74) is 10.4. The molecule has 6 aromatic rings. The number of phenolic OH excluding ortho intramolecular Hbond substituents is 1. The first-order chi connectivity index (χ1) is 43.1. The smallest absolute Gasteiger partial charge is 0.255 e. The minimum absolute atomic E-state index is 0.0233. The van der Waals surface area contributed by atoms with Crippen molar-refractivity contribution in [3.8, 4) is 38.9 Å². The summed E-state index contributed by atoms with van der Waals surface area (Å²) in [4.78, 5) is 81.1. The molecule has 5 N–H and O–H groups in total. The number of thiazole rings is 1. The Balaban J connectivity index is 0.633. The van der Waals surface area contributed by atoms with Crippen LogP contribution in [-0.2, 0) is 52.9 Å². The average molecular weight is 1240 g/mol. The van der Waals surface area contributed by atoms with Crippen LogP contribution in [0.3, 0.4) is 0 Å². The number of likely N-dealkylation sites (tertiary alicyclic amines) is 1. The number of benzene rings is 4. The Bertz CT molecular complexity index is 3440. The first kappa shape index (κ1) is 65.7. The lowest BCUT2D eigenvalue weighted by Crippen LogP contribution is -2.55. The van der Waals surface area contributed by atoms with Crippen molar-refractivity contribution in [1.29, 1.82) is 0 Å². The molecule has 0 radical (unpaired) electrons. The summed E-state index contributed by atoms with van der Waals surface area (Å²) >= 11 is 1.35. The molecule has 9 rings (SSSR count). The van der Waals surface area contributed by atoms with Crippen LogP contribution < -0.4 is 30.6 Å². The molecular weight excluding hydrogens is 1160 g/mol. The first-order valence-corrected chi connectivity index (χ1v) is 31.5. The van der Waals surface area contributed by atoms with Crippen LogP contribution in [0.2, 0.25) is 0 Å². The molecule has 89 heavy (non-hydrogen) atoms. The third kappa shape index (κ3) is 16.8. The number of nitrogens with one attached hydrogen (secondary N) is 3. The number of H-pyrrole nitrogens is 1. The number of nitrogens with zero attached hydrogens (tertiary/aromatic N) is 4. The van der Waals surface area contributed by atoms with Crippen LogP contribution in [0, 0.1) is 26.7 Å². The maximum absolute atomic E-state index is 14.1. The van der Waals surface area contributed by atoms with Crippen LogP contribution in [0.1, 0.15) is 94.3 Å². The molecule has 22 heteroatoms. The molecule has 2 saturated heterocycles. The average Bonchev–Trinajstić information content (AvgIpc) is 1.88. The molecule has 0 saturated carbocycles. The molecule has 0 spiro atoms. The highest BCUT2D eigenvalue weighted by molar-refractivity contribution is 7.13. The van der Waals surface area contributed by atoms with E-state index in [0.717, 1.165) is 58.6 Å².